The van der Waals surface area contributed by atoms with Crippen molar-refractivity contribution in [1.29, 1.82) is 0 Å². The highest BCUT2D eigenvalue weighted by atomic mass is 35.5. The Bertz CT molecular complexity index is 1040. The first kappa shape index (κ1) is 23.4. The van der Waals surface area contributed by atoms with E-state index in [2.05, 4.69) is 10.4 Å². The molecule has 1 aliphatic heterocycles. The molecule has 2 aromatic carbocycles. The molecule has 13 heteroatoms. The highest BCUT2D eigenvalue weighted by Gasteiger charge is 2.42. The molecule has 0 fully saturated rings. The molecule has 3 rings (SSSR count). The minimum Gasteiger partial charge on any atom is -0.338 e. The fraction of sp³-hybridized carbons (Fsp3) is 0.211. The molecule has 2 N–H and O–H groups in total. The van der Waals surface area contributed by atoms with E-state index in [1.807, 2.05) is 0 Å². The van der Waals surface area contributed by atoms with Crippen molar-refractivity contribution < 1.29 is 35.9 Å². The van der Waals surface area contributed by atoms with Gasteiger partial charge in [0.2, 0.25) is 0 Å². The van der Waals surface area contributed by atoms with Crippen molar-refractivity contribution in [3.05, 3.63) is 64.7 Å². The number of amides is 3. The number of carbonyl (C=O) groups is 2. The summed E-state index contributed by atoms with van der Waals surface area (Å²) in [5, 5.41) is 9.19. The normalized spacial score (nSPS) is 16.5. The van der Waals surface area contributed by atoms with Gasteiger partial charge in [-0.05, 0) is 36.4 Å². The molecule has 0 spiro atoms. The quantitative estimate of drug-likeness (QED) is 0.630. The smallest absolute Gasteiger partial charge is 0.338 e. The maximum Gasteiger partial charge on any atom is 0.471 e. The zero-order chi connectivity index (χ0) is 23.7. The van der Waals surface area contributed by atoms with Crippen LogP contribution in [0.3, 0.4) is 0 Å². The van der Waals surface area contributed by atoms with E-state index < -0.39 is 42.4 Å². The number of alkyl halides is 6. The van der Waals surface area contributed by atoms with Crippen molar-refractivity contribution in [1.82, 2.24) is 10.3 Å². The van der Waals surface area contributed by atoms with Crippen molar-refractivity contribution in [2.45, 2.75) is 18.4 Å². The highest BCUT2D eigenvalue weighted by Crippen LogP contribution is 2.30. The number of hydrazone groups is 1. The predicted molar refractivity (Wildman–Crippen MR) is 103 cm³/mol. The van der Waals surface area contributed by atoms with Gasteiger partial charge in [0.05, 0.1) is 23.9 Å². The minimum atomic E-state index is -5.15. The lowest BCUT2D eigenvalue weighted by Crippen LogP contribution is -2.48. The molecule has 170 valence electrons. The largest absolute Gasteiger partial charge is 0.471 e. The van der Waals surface area contributed by atoms with E-state index >= 15 is 0 Å². The summed E-state index contributed by atoms with van der Waals surface area (Å²) in [5.74, 6) is -2.21. The summed E-state index contributed by atoms with van der Waals surface area (Å²) in [6.45, 7) is -0.438. The average Bonchev–Trinajstić information content (AvgIpc) is 3.11. The first-order chi connectivity index (χ1) is 14.8. The summed E-state index contributed by atoms with van der Waals surface area (Å²) in [6.07, 6.45) is -9.71. The first-order valence-corrected chi connectivity index (χ1v) is 9.20. The van der Waals surface area contributed by atoms with Gasteiger partial charge in [-0.2, -0.15) is 31.4 Å². The molecule has 0 saturated carbocycles. The zero-order valence-electron chi connectivity index (χ0n) is 15.8. The molecule has 0 bridgehead atoms. The molecule has 1 atom stereocenters. The van der Waals surface area contributed by atoms with Crippen molar-refractivity contribution >= 4 is 34.9 Å². The van der Waals surface area contributed by atoms with Gasteiger partial charge in [0.1, 0.15) is 0 Å². The molecular formula is C19H13ClF6N4O2. The second kappa shape index (κ2) is 8.69. The molecule has 0 aromatic heterocycles. The molecular weight excluding hydrogens is 466 g/mol. The lowest BCUT2D eigenvalue weighted by Gasteiger charge is -2.17. The van der Waals surface area contributed by atoms with E-state index in [9.17, 15) is 35.9 Å². The van der Waals surface area contributed by atoms with Crippen LogP contribution in [0.4, 0.5) is 36.8 Å². The molecule has 0 radical (unpaired) electrons. The van der Waals surface area contributed by atoms with Crippen LogP contribution in [-0.4, -0.2) is 41.4 Å². The van der Waals surface area contributed by atoms with Crippen LogP contribution in [0, 0.1) is 0 Å². The summed E-state index contributed by atoms with van der Waals surface area (Å²) in [5.41, 5.74) is -0.628. The Morgan fingerprint density at radius 1 is 0.969 bits per heavy atom. The van der Waals surface area contributed by atoms with Gasteiger partial charge in [0.15, 0.2) is 0 Å². The monoisotopic (exact) mass is 478 g/mol. The molecule has 1 heterocycles. The van der Waals surface area contributed by atoms with Crippen LogP contribution in [-0.2, 0) is 11.0 Å². The fourth-order valence-corrected chi connectivity index (χ4v) is 2.92. The zero-order valence-corrected chi connectivity index (χ0v) is 16.5. The first-order valence-electron chi connectivity index (χ1n) is 8.82. The van der Waals surface area contributed by atoms with Gasteiger partial charge in [0.25, 0.3) is 0 Å². The molecule has 0 saturated heterocycles. The van der Waals surface area contributed by atoms with E-state index in [0.717, 1.165) is 29.3 Å². The van der Waals surface area contributed by atoms with Gasteiger partial charge in [0, 0.05) is 16.3 Å². The third kappa shape index (κ3) is 5.49. The summed E-state index contributed by atoms with van der Waals surface area (Å²) < 4.78 is 76.1. The Balaban J connectivity index is 1.80. The van der Waals surface area contributed by atoms with E-state index in [-0.39, 0.29) is 11.4 Å². The molecule has 6 nitrogen and oxygen atoms in total. The van der Waals surface area contributed by atoms with Crippen LogP contribution in [0.2, 0.25) is 5.02 Å². The number of halogens is 7. The predicted octanol–water partition coefficient (Wildman–Crippen LogP) is 4.66. The Hall–Kier alpha value is -3.28. The van der Waals surface area contributed by atoms with Gasteiger partial charge in [-0.1, -0.05) is 23.7 Å². The Morgan fingerprint density at radius 3 is 2.09 bits per heavy atom. The third-order valence-electron chi connectivity index (χ3n) is 4.31. The fourth-order valence-electron chi connectivity index (χ4n) is 2.79. The lowest BCUT2D eigenvalue weighted by molar-refractivity contribution is -0.173. The number of nitrogens with one attached hydrogen (secondary N) is 2. The van der Waals surface area contributed by atoms with Crippen molar-refractivity contribution in [3.8, 4) is 0 Å². The van der Waals surface area contributed by atoms with Gasteiger partial charge in [-0.3, -0.25) is 4.79 Å². The van der Waals surface area contributed by atoms with Crippen molar-refractivity contribution in [3.63, 3.8) is 0 Å². The summed E-state index contributed by atoms with van der Waals surface area (Å²) in [4.78, 5) is 23.9. The molecule has 1 aliphatic rings. The van der Waals surface area contributed by atoms with E-state index in [0.29, 0.717) is 10.6 Å². The number of carbonyl (C=O) groups excluding carboxylic acids is 2. The van der Waals surface area contributed by atoms with Crippen LogP contribution < -0.4 is 10.6 Å². The van der Waals surface area contributed by atoms with Crippen LogP contribution in [0.5, 0.6) is 0 Å². The average molecular weight is 479 g/mol. The Labute approximate surface area is 181 Å². The van der Waals surface area contributed by atoms with E-state index in [1.54, 1.807) is 5.32 Å². The summed E-state index contributed by atoms with van der Waals surface area (Å²) in [6, 6.07) is 7.15. The number of hydrogen-bond donors (Lipinski definition) is 2. The van der Waals surface area contributed by atoms with Gasteiger partial charge >= 0.3 is 24.3 Å². The highest BCUT2D eigenvalue weighted by molar-refractivity contribution is 6.30. The molecule has 32 heavy (non-hydrogen) atoms. The summed E-state index contributed by atoms with van der Waals surface area (Å²) >= 11 is 5.80. The number of hydrogen-bond acceptors (Lipinski definition) is 3. The van der Waals surface area contributed by atoms with Gasteiger partial charge < -0.3 is 10.6 Å². The SMILES string of the molecule is O=C(Nc1ccc(C(F)(F)F)cc1)N1CC(NC(=O)C(F)(F)F)C(c2ccc(Cl)cc2)=N1. The number of benzene rings is 2. The van der Waals surface area contributed by atoms with Crippen LogP contribution in [0.1, 0.15) is 11.1 Å². The second-order valence-corrected chi connectivity index (χ2v) is 7.04. The maximum atomic E-state index is 12.7. The topological polar surface area (TPSA) is 73.8 Å². The van der Waals surface area contributed by atoms with Gasteiger partial charge in [-0.15, -0.1) is 0 Å². The molecule has 3 amide bonds. The Morgan fingerprint density at radius 2 is 1.56 bits per heavy atom. The number of urea groups is 1. The van der Waals surface area contributed by atoms with Gasteiger partial charge in [-0.25, -0.2) is 9.80 Å². The minimum absolute atomic E-state index is 0.00835. The molecule has 1 unspecified atom stereocenters. The van der Waals surface area contributed by atoms with Crippen LogP contribution in [0.15, 0.2) is 53.6 Å². The molecule has 0 aliphatic carbocycles. The summed E-state index contributed by atoms with van der Waals surface area (Å²) in [7, 11) is 0. The Kier molecular flexibility index (Phi) is 6.35. The molecule has 2 aromatic rings. The van der Waals surface area contributed by atoms with E-state index in [1.165, 1.54) is 24.3 Å². The third-order valence-corrected chi connectivity index (χ3v) is 4.57. The van der Waals surface area contributed by atoms with Crippen LogP contribution >= 0.6 is 11.6 Å². The number of nitrogens with zero attached hydrogens (tertiary/aromatic N) is 2. The standard InChI is InChI=1S/C19H13ClF6N4O2/c20-12-5-1-10(2-6-12)15-14(28-16(31)19(24,25)26)9-30(29-15)17(32)27-13-7-3-11(4-8-13)18(21,22)23/h1-8,14H,9H2,(H,27,32)(H,28,31). The second-order valence-electron chi connectivity index (χ2n) is 6.60. The number of anilines is 1. The van der Waals surface area contributed by atoms with Crippen LogP contribution in [0.25, 0.3) is 0 Å². The van der Waals surface area contributed by atoms with Crippen molar-refractivity contribution in [2.75, 3.05) is 11.9 Å². The van der Waals surface area contributed by atoms with E-state index in [4.69, 9.17) is 11.6 Å². The number of rotatable bonds is 3. The lowest BCUT2D eigenvalue weighted by atomic mass is 10.0. The maximum absolute atomic E-state index is 12.7. The van der Waals surface area contributed by atoms with Crippen molar-refractivity contribution in [2.24, 2.45) is 5.10 Å².